The first-order valence-electron chi connectivity index (χ1n) is 9.95. The van der Waals surface area contributed by atoms with Crippen LogP contribution in [0.4, 0.5) is 16.2 Å². The van der Waals surface area contributed by atoms with Gasteiger partial charge in [-0.05, 0) is 36.5 Å². The molecule has 0 saturated carbocycles. The first-order valence-corrected chi connectivity index (χ1v) is 9.95. The molecule has 1 atom stereocenters. The second-order valence-corrected chi connectivity index (χ2v) is 8.55. The molecule has 0 bridgehead atoms. The average molecular weight is 396 g/mol. The van der Waals surface area contributed by atoms with Crippen LogP contribution in [0.15, 0.2) is 36.4 Å². The number of nitrogens with one attached hydrogen (secondary N) is 2. The zero-order valence-electron chi connectivity index (χ0n) is 17.8. The van der Waals surface area contributed by atoms with Crippen molar-refractivity contribution in [3.8, 4) is 0 Å². The molecule has 1 aromatic heterocycles. The van der Waals surface area contributed by atoms with Crippen LogP contribution < -0.4 is 16.4 Å². The van der Waals surface area contributed by atoms with Gasteiger partial charge >= 0.3 is 0 Å². The van der Waals surface area contributed by atoms with Gasteiger partial charge in [-0.2, -0.15) is 4.98 Å². The van der Waals surface area contributed by atoms with Crippen molar-refractivity contribution in [3.05, 3.63) is 58.9 Å². The number of aryl methyl sites for hydroxylation is 1. The summed E-state index contributed by atoms with van der Waals surface area (Å²) in [4.78, 5) is 9.38. The number of benzene rings is 2. The topological polar surface area (TPSA) is 75.9 Å². The van der Waals surface area contributed by atoms with Crippen molar-refractivity contribution >= 4 is 22.7 Å². The normalized spacial score (nSPS) is 12.8. The van der Waals surface area contributed by atoms with Crippen LogP contribution in [0.25, 0.3) is 10.9 Å². The van der Waals surface area contributed by atoms with E-state index in [1.54, 1.807) is 19.1 Å². The lowest BCUT2D eigenvalue weighted by molar-refractivity contribution is 0.359. The third-order valence-corrected chi connectivity index (χ3v) is 5.39. The smallest absolute Gasteiger partial charge is 0.225 e. The van der Waals surface area contributed by atoms with Gasteiger partial charge < -0.3 is 16.4 Å². The number of halogens is 1. The van der Waals surface area contributed by atoms with Crippen LogP contribution in [0.5, 0.6) is 0 Å². The summed E-state index contributed by atoms with van der Waals surface area (Å²) in [5, 5.41) is 7.64. The molecule has 0 aliphatic carbocycles. The molecule has 0 fully saturated rings. The lowest BCUT2D eigenvalue weighted by Gasteiger charge is -2.29. The summed E-state index contributed by atoms with van der Waals surface area (Å²) in [5.74, 6) is 0.992. The van der Waals surface area contributed by atoms with Crippen molar-refractivity contribution in [1.29, 1.82) is 0 Å². The first kappa shape index (κ1) is 21.0. The average Bonchev–Trinajstić information content (AvgIpc) is 2.68. The highest BCUT2D eigenvalue weighted by molar-refractivity contribution is 5.92. The zero-order valence-corrected chi connectivity index (χ0v) is 17.8. The van der Waals surface area contributed by atoms with E-state index in [0.717, 1.165) is 22.3 Å². The molecule has 3 aromatic rings. The molecule has 0 saturated heterocycles. The lowest BCUT2D eigenvalue weighted by atomic mass is 9.88. The molecule has 0 spiro atoms. The third kappa shape index (κ3) is 4.65. The Bertz CT molecular complexity index is 1010. The first-order chi connectivity index (χ1) is 13.7. The molecule has 4 N–H and O–H groups in total. The van der Waals surface area contributed by atoms with Crippen molar-refractivity contribution in [2.75, 3.05) is 10.6 Å². The summed E-state index contributed by atoms with van der Waals surface area (Å²) >= 11 is 0. The van der Waals surface area contributed by atoms with Crippen LogP contribution in [0, 0.1) is 18.2 Å². The highest BCUT2D eigenvalue weighted by atomic mass is 19.1. The molecule has 0 aliphatic heterocycles. The molecule has 3 rings (SSSR count). The Labute approximate surface area is 171 Å². The van der Waals surface area contributed by atoms with Gasteiger partial charge in [-0.3, -0.25) is 0 Å². The highest BCUT2D eigenvalue weighted by Gasteiger charge is 2.22. The van der Waals surface area contributed by atoms with Gasteiger partial charge in [0.25, 0.3) is 0 Å². The van der Waals surface area contributed by atoms with Gasteiger partial charge in [0.05, 0.1) is 5.52 Å². The molecule has 2 aromatic carbocycles. The van der Waals surface area contributed by atoms with E-state index in [4.69, 9.17) is 10.7 Å². The summed E-state index contributed by atoms with van der Waals surface area (Å²) in [6.07, 6.45) is 0. The molecule has 0 amide bonds. The Morgan fingerprint density at radius 1 is 1.07 bits per heavy atom. The van der Waals surface area contributed by atoms with Gasteiger partial charge in [0.1, 0.15) is 11.6 Å². The molecule has 0 unspecified atom stereocenters. The van der Waals surface area contributed by atoms with Gasteiger partial charge in [-0.15, -0.1) is 0 Å². The molecule has 1 heterocycles. The summed E-state index contributed by atoms with van der Waals surface area (Å²) in [5.41, 5.74) is 8.95. The van der Waals surface area contributed by atoms with Crippen LogP contribution in [0.3, 0.4) is 0 Å². The number of nitrogens with two attached hydrogens (primary N) is 1. The number of fused-ring (bicyclic) bond motifs is 1. The van der Waals surface area contributed by atoms with E-state index < -0.39 is 0 Å². The number of hydrogen-bond acceptors (Lipinski definition) is 5. The molecule has 0 radical (unpaired) electrons. The van der Waals surface area contributed by atoms with Gasteiger partial charge in [0.15, 0.2) is 0 Å². The number of para-hydroxylation sites is 1. The van der Waals surface area contributed by atoms with Crippen molar-refractivity contribution in [1.82, 2.24) is 9.97 Å². The molecular formula is C23H30FN5. The Morgan fingerprint density at radius 3 is 2.45 bits per heavy atom. The fourth-order valence-electron chi connectivity index (χ4n) is 3.01. The predicted octanol–water partition coefficient (Wildman–Crippen LogP) is 4.99. The second kappa shape index (κ2) is 8.33. The van der Waals surface area contributed by atoms with Gasteiger partial charge in [-0.25, -0.2) is 9.37 Å². The minimum absolute atomic E-state index is 0.0566. The van der Waals surface area contributed by atoms with E-state index in [0.29, 0.717) is 30.2 Å². The molecule has 0 aliphatic rings. The van der Waals surface area contributed by atoms with Gasteiger partial charge in [0, 0.05) is 30.1 Å². The summed E-state index contributed by atoms with van der Waals surface area (Å²) in [6.45, 7) is 11.1. The van der Waals surface area contributed by atoms with Crippen LogP contribution in [0.2, 0.25) is 0 Å². The molecule has 5 nitrogen and oxygen atoms in total. The zero-order chi connectivity index (χ0) is 21.2. The fraction of sp³-hybridized carbons (Fsp3) is 0.391. The Balaban J connectivity index is 1.99. The van der Waals surface area contributed by atoms with E-state index in [1.165, 1.54) is 0 Å². The van der Waals surface area contributed by atoms with Crippen molar-refractivity contribution < 1.29 is 4.39 Å². The van der Waals surface area contributed by atoms with Crippen LogP contribution in [-0.4, -0.2) is 16.0 Å². The maximum atomic E-state index is 14.3. The maximum absolute atomic E-state index is 14.3. The monoisotopic (exact) mass is 395 g/mol. The van der Waals surface area contributed by atoms with Crippen LogP contribution >= 0.6 is 0 Å². The Kier molecular flexibility index (Phi) is 6.03. The lowest BCUT2D eigenvalue weighted by Crippen LogP contribution is -2.31. The molecule has 29 heavy (non-hydrogen) atoms. The van der Waals surface area contributed by atoms with Crippen LogP contribution in [-0.2, 0) is 13.1 Å². The molecule has 154 valence electrons. The second-order valence-electron chi connectivity index (χ2n) is 8.55. The third-order valence-electron chi connectivity index (χ3n) is 5.39. The number of rotatable bonds is 6. The number of anilines is 2. The maximum Gasteiger partial charge on any atom is 0.225 e. The van der Waals surface area contributed by atoms with E-state index >= 15 is 0 Å². The fourth-order valence-corrected chi connectivity index (χ4v) is 3.01. The summed E-state index contributed by atoms with van der Waals surface area (Å²) in [7, 11) is 0. The van der Waals surface area contributed by atoms with Gasteiger partial charge in [0.2, 0.25) is 5.95 Å². The Hall–Kier alpha value is -2.73. The predicted molar refractivity (Wildman–Crippen MR) is 118 cm³/mol. The largest absolute Gasteiger partial charge is 0.366 e. The van der Waals surface area contributed by atoms with Gasteiger partial charge in [-0.1, -0.05) is 51.1 Å². The van der Waals surface area contributed by atoms with E-state index in [-0.39, 0.29) is 17.3 Å². The van der Waals surface area contributed by atoms with Crippen molar-refractivity contribution in [3.63, 3.8) is 0 Å². The van der Waals surface area contributed by atoms with Crippen molar-refractivity contribution in [2.45, 2.75) is 53.8 Å². The standard InChI is InChI=1S/C23H30FN5/c1-14-8-6-10-17(19(14)24)13-26-22-28-20-16(12-25)9-7-11-18(20)21(29-22)27-15(2)23(3,4)5/h6-11,15H,12-13,25H2,1-5H3,(H2,26,27,28,29)/t15-/m1/s1. The van der Waals surface area contributed by atoms with E-state index in [1.807, 2.05) is 24.3 Å². The minimum atomic E-state index is -0.205. The highest BCUT2D eigenvalue weighted by Crippen LogP contribution is 2.29. The summed E-state index contributed by atoms with van der Waals surface area (Å²) in [6, 6.07) is 11.5. The van der Waals surface area contributed by atoms with E-state index in [9.17, 15) is 4.39 Å². The Morgan fingerprint density at radius 2 is 1.76 bits per heavy atom. The van der Waals surface area contributed by atoms with Crippen molar-refractivity contribution in [2.24, 2.45) is 11.1 Å². The number of aromatic nitrogens is 2. The molecular weight excluding hydrogens is 365 g/mol. The SMILES string of the molecule is Cc1cccc(CNc2nc(N[C@H](C)C(C)(C)C)c3cccc(CN)c3n2)c1F. The van der Waals surface area contributed by atoms with E-state index in [2.05, 4.69) is 43.3 Å². The minimum Gasteiger partial charge on any atom is -0.366 e. The molecule has 6 heteroatoms. The number of hydrogen-bond donors (Lipinski definition) is 3. The quantitative estimate of drug-likeness (QED) is 0.548. The number of nitrogens with zero attached hydrogens (tertiary/aromatic N) is 2. The summed E-state index contributed by atoms with van der Waals surface area (Å²) < 4.78 is 14.3. The van der Waals surface area contributed by atoms with Crippen LogP contribution in [0.1, 0.15) is 44.4 Å².